The first-order valence-electron chi connectivity index (χ1n) is 6.13. The Morgan fingerprint density at radius 3 is 2.75 bits per heavy atom. The fourth-order valence-corrected chi connectivity index (χ4v) is 2.26. The van der Waals surface area contributed by atoms with Gasteiger partial charge in [-0.1, -0.05) is 6.92 Å². The molecule has 0 aromatic heterocycles. The van der Waals surface area contributed by atoms with Gasteiger partial charge in [0.25, 0.3) is 0 Å². The third-order valence-electron chi connectivity index (χ3n) is 3.48. The zero-order valence-corrected chi connectivity index (χ0v) is 10.3. The van der Waals surface area contributed by atoms with Crippen molar-refractivity contribution in [2.75, 3.05) is 26.4 Å². The van der Waals surface area contributed by atoms with Crippen molar-refractivity contribution in [3.8, 4) is 0 Å². The molecule has 0 radical (unpaired) electrons. The predicted molar refractivity (Wildman–Crippen MR) is 62.0 cm³/mol. The molecule has 1 heterocycles. The van der Waals surface area contributed by atoms with Gasteiger partial charge >= 0.3 is 5.97 Å². The molecule has 1 saturated heterocycles. The molecule has 0 aromatic rings. The number of nitrogens with two attached hydrogens (primary N) is 1. The number of carbonyl (C=O) groups excluding carboxylic acids is 1. The van der Waals surface area contributed by atoms with Gasteiger partial charge in [0, 0.05) is 19.8 Å². The van der Waals surface area contributed by atoms with Gasteiger partial charge in [0.2, 0.25) is 0 Å². The largest absolute Gasteiger partial charge is 0.466 e. The second-order valence-electron chi connectivity index (χ2n) is 4.49. The Kier molecular flexibility index (Phi) is 5.22. The highest BCUT2D eigenvalue weighted by atomic mass is 16.5. The molecular weight excluding hydrogens is 206 g/mol. The van der Waals surface area contributed by atoms with Crippen LogP contribution in [0.15, 0.2) is 0 Å². The van der Waals surface area contributed by atoms with Gasteiger partial charge in [0.15, 0.2) is 0 Å². The summed E-state index contributed by atoms with van der Waals surface area (Å²) in [5, 5.41) is 0. The maximum atomic E-state index is 12.0. The summed E-state index contributed by atoms with van der Waals surface area (Å²) in [6.07, 6.45) is 2.55. The zero-order chi connectivity index (χ0) is 12.0. The number of hydrogen-bond acceptors (Lipinski definition) is 4. The lowest BCUT2D eigenvalue weighted by atomic mass is 9.76. The van der Waals surface area contributed by atoms with E-state index in [0.717, 1.165) is 32.5 Å². The smallest absolute Gasteiger partial charge is 0.313 e. The molecule has 2 N–H and O–H groups in total. The van der Waals surface area contributed by atoms with E-state index in [4.69, 9.17) is 15.2 Å². The van der Waals surface area contributed by atoms with E-state index >= 15 is 0 Å². The molecule has 1 fully saturated rings. The van der Waals surface area contributed by atoms with Crippen LogP contribution >= 0.6 is 0 Å². The van der Waals surface area contributed by atoms with Crippen LogP contribution in [0.5, 0.6) is 0 Å². The lowest BCUT2D eigenvalue weighted by molar-refractivity contribution is -0.156. The molecule has 0 spiro atoms. The molecule has 1 aliphatic rings. The Morgan fingerprint density at radius 2 is 2.31 bits per heavy atom. The van der Waals surface area contributed by atoms with E-state index in [1.165, 1.54) is 0 Å². The first kappa shape index (κ1) is 13.5. The van der Waals surface area contributed by atoms with Crippen molar-refractivity contribution < 1.29 is 14.3 Å². The van der Waals surface area contributed by atoms with Crippen LogP contribution in [0.25, 0.3) is 0 Å². The van der Waals surface area contributed by atoms with Crippen LogP contribution in [0.3, 0.4) is 0 Å². The van der Waals surface area contributed by atoms with Gasteiger partial charge in [-0.3, -0.25) is 4.79 Å². The summed E-state index contributed by atoms with van der Waals surface area (Å²) >= 11 is 0. The quantitative estimate of drug-likeness (QED) is 0.698. The third kappa shape index (κ3) is 2.95. The third-order valence-corrected chi connectivity index (χ3v) is 3.48. The van der Waals surface area contributed by atoms with E-state index in [-0.39, 0.29) is 5.97 Å². The fraction of sp³-hybridized carbons (Fsp3) is 0.917. The maximum absolute atomic E-state index is 12.0. The van der Waals surface area contributed by atoms with Gasteiger partial charge in [0.05, 0.1) is 12.0 Å². The SMILES string of the molecule is CCOC(=O)C(CC)(CN)CC1CCOC1. The van der Waals surface area contributed by atoms with Gasteiger partial charge < -0.3 is 15.2 Å². The van der Waals surface area contributed by atoms with Gasteiger partial charge in [-0.25, -0.2) is 0 Å². The number of hydrogen-bond donors (Lipinski definition) is 1. The average molecular weight is 229 g/mol. The van der Waals surface area contributed by atoms with Crippen molar-refractivity contribution in [3.63, 3.8) is 0 Å². The van der Waals surface area contributed by atoms with E-state index in [2.05, 4.69) is 0 Å². The van der Waals surface area contributed by atoms with E-state index in [1.807, 2.05) is 13.8 Å². The minimum Gasteiger partial charge on any atom is -0.466 e. The average Bonchev–Trinajstić information content (AvgIpc) is 2.79. The van der Waals surface area contributed by atoms with Gasteiger partial charge in [-0.15, -0.1) is 0 Å². The molecular formula is C12H23NO3. The highest BCUT2D eigenvalue weighted by Gasteiger charge is 2.39. The van der Waals surface area contributed by atoms with Crippen LogP contribution in [-0.4, -0.2) is 32.3 Å². The number of rotatable bonds is 6. The van der Waals surface area contributed by atoms with Crippen molar-refractivity contribution in [2.24, 2.45) is 17.1 Å². The Hall–Kier alpha value is -0.610. The van der Waals surface area contributed by atoms with Crippen LogP contribution < -0.4 is 5.73 Å². The van der Waals surface area contributed by atoms with Crippen molar-refractivity contribution in [2.45, 2.75) is 33.1 Å². The Labute approximate surface area is 97.5 Å². The number of ether oxygens (including phenoxy) is 2. The number of carbonyl (C=O) groups is 1. The topological polar surface area (TPSA) is 61.5 Å². The molecule has 1 rings (SSSR count). The minimum absolute atomic E-state index is 0.146. The standard InChI is InChI=1S/C12H23NO3/c1-3-12(9-13,11(14)16-4-2)7-10-5-6-15-8-10/h10H,3-9,13H2,1-2H3. The van der Waals surface area contributed by atoms with Crippen LogP contribution in [0, 0.1) is 11.3 Å². The second kappa shape index (κ2) is 6.21. The normalized spacial score (nSPS) is 24.1. The van der Waals surface area contributed by atoms with Crippen LogP contribution in [0.1, 0.15) is 33.1 Å². The van der Waals surface area contributed by atoms with E-state index in [1.54, 1.807) is 0 Å². The molecule has 4 heteroatoms. The maximum Gasteiger partial charge on any atom is 0.313 e. The number of esters is 1. The Bertz CT molecular complexity index is 220. The second-order valence-corrected chi connectivity index (χ2v) is 4.49. The van der Waals surface area contributed by atoms with E-state index < -0.39 is 5.41 Å². The van der Waals surface area contributed by atoms with Gasteiger partial charge in [0.1, 0.15) is 0 Å². The predicted octanol–water partition coefficient (Wildman–Crippen LogP) is 1.33. The molecule has 4 nitrogen and oxygen atoms in total. The van der Waals surface area contributed by atoms with Crippen molar-refractivity contribution in [3.05, 3.63) is 0 Å². The lowest BCUT2D eigenvalue weighted by Crippen LogP contribution is -2.41. The molecule has 0 aliphatic carbocycles. The van der Waals surface area contributed by atoms with E-state index in [9.17, 15) is 4.79 Å². The molecule has 1 aliphatic heterocycles. The molecule has 0 aromatic carbocycles. The Balaban J connectivity index is 2.65. The molecule has 0 saturated carbocycles. The highest BCUT2D eigenvalue weighted by molar-refractivity contribution is 5.77. The first-order valence-corrected chi connectivity index (χ1v) is 6.13. The van der Waals surface area contributed by atoms with Crippen LogP contribution in [-0.2, 0) is 14.3 Å². The zero-order valence-electron chi connectivity index (χ0n) is 10.3. The molecule has 2 unspecified atom stereocenters. The molecule has 0 amide bonds. The molecule has 94 valence electrons. The Morgan fingerprint density at radius 1 is 1.56 bits per heavy atom. The summed E-state index contributed by atoms with van der Waals surface area (Å²) in [4.78, 5) is 12.0. The summed E-state index contributed by atoms with van der Waals surface area (Å²) in [6, 6.07) is 0. The van der Waals surface area contributed by atoms with Crippen molar-refractivity contribution in [1.29, 1.82) is 0 Å². The van der Waals surface area contributed by atoms with Gasteiger partial charge in [-0.2, -0.15) is 0 Å². The van der Waals surface area contributed by atoms with Crippen LogP contribution in [0.4, 0.5) is 0 Å². The summed E-state index contributed by atoms with van der Waals surface area (Å²) in [5.74, 6) is 0.305. The van der Waals surface area contributed by atoms with Crippen molar-refractivity contribution in [1.82, 2.24) is 0 Å². The summed E-state index contributed by atoms with van der Waals surface area (Å²) in [5.41, 5.74) is 5.28. The van der Waals surface area contributed by atoms with Gasteiger partial charge in [-0.05, 0) is 32.1 Å². The summed E-state index contributed by atoms with van der Waals surface area (Å²) in [6.45, 7) is 6.16. The first-order chi connectivity index (χ1) is 7.68. The fourth-order valence-electron chi connectivity index (χ4n) is 2.26. The van der Waals surface area contributed by atoms with Crippen LogP contribution in [0.2, 0.25) is 0 Å². The highest BCUT2D eigenvalue weighted by Crippen LogP contribution is 2.34. The monoisotopic (exact) mass is 229 g/mol. The summed E-state index contributed by atoms with van der Waals surface area (Å²) < 4.78 is 10.5. The molecule has 0 bridgehead atoms. The lowest BCUT2D eigenvalue weighted by Gasteiger charge is -2.30. The van der Waals surface area contributed by atoms with E-state index in [0.29, 0.717) is 19.1 Å². The summed E-state index contributed by atoms with van der Waals surface area (Å²) in [7, 11) is 0. The van der Waals surface area contributed by atoms with Crippen molar-refractivity contribution >= 4 is 5.97 Å². The minimum atomic E-state index is -0.506. The molecule has 2 atom stereocenters. The molecule has 16 heavy (non-hydrogen) atoms.